The van der Waals surface area contributed by atoms with Gasteiger partial charge in [0, 0.05) is 16.7 Å². The molecule has 0 unspecified atom stereocenters. The Balaban J connectivity index is 2.25. The molecule has 5 nitrogen and oxygen atoms in total. The molecule has 0 aliphatic heterocycles. The van der Waals surface area contributed by atoms with Gasteiger partial charge in [0.25, 0.3) is 5.91 Å². The van der Waals surface area contributed by atoms with Crippen molar-refractivity contribution in [3.63, 3.8) is 0 Å². The third-order valence-electron chi connectivity index (χ3n) is 3.23. The predicted octanol–water partition coefficient (Wildman–Crippen LogP) is 3.84. The van der Waals surface area contributed by atoms with E-state index in [0.29, 0.717) is 5.69 Å². The number of carboxylic acid groups (broad SMARTS) is 1. The smallest absolute Gasteiger partial charge is 0.335 e. The fourth-order valence-corrected chi connectivity index (χ4v) is 1.99. The van der Waals surface area contributed by atoms with Crippen LogP contribution in [0.5, 0.6) is 0 Å². The molecule has 1 amide bonds. The van der Waals surface area contributed by atoms with Gasteiger partial charge in [-0.15, -0.1) is 0 Å². The second kappa shape index (κ2) is 5.67. The standard InChI is InChI=1S/C17H19NO4/c1-10-8-13(17(2,3)4)22-14(10)15(19)18-12-7-5-6-11(9-12)16(20)21/h5-9H,1-4H3,(H,18,19)(H,20,21). The van der Waals surface area contributed by atoms with Crippen molar-refractivity contribution in [2.24, 2.45) is 0 Å². The number of aromatic carboxylic acids is 1. The first-order valence-corrected chi connectivity index (χ1v) is 6.94. The van der Waals surface area contributed by atoms with Gasteiger partial charge in [-0.2, -0.15) is 0 Å². The number of benzene rings is 1. The quantitative estimate of drug-likeness (QED) is 0.902. The van der Waals surface area contributed by atoms with Crippen LogP contribution in [0.15, 0.2) is 34.7 Å². The summed E-state index contributed by atoms with van der Waals surface area (Å²) in [6.07, 6.45) is 0. The van der Waals surface area contributed by atoms with E-state index < -0.39 is 11.9 Å². The van der Waals surface area contributed by atoms with Gasteiger partial charge in [0.15, 0.2) is 5.76 Å². The van der Waals surface area contributed by atoms with E-state index in [0.717, 1.165) is 11.3 Å². The van der Waals surface area contributed by atoms with Gasteiger partial charge in [0.1, 0.15) is 5.76 Å². The molecule has 5 heteroatoms. The summed E-state index contributed by atoms with van der Waals surface area (Å²) in [6.45, 7) is 7.82. The summed E-state index contributed by atoms with van der Waals surface area (Å²) < 4.78 is 5.66. The minimum absolute atomic E-state index is 0.115. The lowest BCUT2D eigenvalue weighted by molar-refractivity contribution is 0.0696. The van der Waals surface area contributed by atoms with Crippen molar-refractivity contribution >= 4 is 17.6 Å². The zero-order chi connectivity index (χ0) is 16.5. The van der Waals surface area contributed by atoms with Gasteiger partial charge in [-0.05, 0) is 31.2 Å². The lowest BCUT2D eigenvalue weighted by atomic mass is 9.93. The second-order valence-corrected chi connectivity index (χ2v) is 6.21. The Morgan fingerprint density at radius 2 is 1.86 bits per heavy atom. The summed E-state index contributed by atoms with van der Waals surface area (Å²) >= 11 is 0. The normalized spacial score (nSPS) is 11.3. The van der Waals surface area contributed by atoms with Gasteiger partial charge in [-0.3, -0.25) is 4.79 Å². The lowest BCUT2D eigenvalue weighted by Gasteiger charge is -2.14. The molecule has 2 aromatic rings. The van der Waals surface area contributed by atoms with Crippen LogP contribution >= 0.6 is 0 Å². The molecule has 0 saturated heterocycles. The Morgan fingerprint density at radius 3 is 2.41 bits per heavy atom. The van der Waals surface area contributed by atoms with E-state index in [9.17, 15) is 9.59 Å². The molecule has 0 spiro atoms. The molecule has 0 bridgehead atoms. The van der Waals surface area contributed by atoms with Crippen LogP contribution in [0, 0.1) is 6.92 Å². The molecule has 2 rings (SSSR count). The molecule has 1 heterocycles. The van der Waals surface area contributed by atoms with E-state index >= 15 is 0 Å². The lowest BCUT2D eigenvalue weighted by Crippen LogP contribution is -2.13. The third kappa shape index (κ3) is 3.36. The van der Waals surface area contributed by atoms with Gasteiger partial charge < -0.3 is 14.8 Å². The Labute approximate surface area is 129 Å². The van der Waals surface area contributed by atoms with Crippen molar-refractivity contribution in [1.29, 1.82) is 0 Å². The first-order valence-electron chi connectivity index (χ1n) is 6.94. The maximum Gasteiger partial charge on any atom is 0.335 e. The number of carbonyl (C=O) groups is 2. The summed E-state index contributed by atoms with van der Waals surface area (Å²) in [6, 6.07) is 7.93. The van der Waals surface area contributed by atoms with Crippen molar-refractivity contribution in [2.75, 3.05) is 5.32 Å². The van der Waals surface area contributed by atoms with Crippen LogP contribution in [0.4, 0.5) is 5.69 Å². The van der Waals surface area contributed by atoms with Crippen molar-refractivity contribution in [1.82, 2.24) is 0 Å². The van der Waals surface area contributed by atoms with Gasteiger partial charge in [-0.25, -0.2) is 4.79 Å². The SMILES string of the molecule is Cc1cc(C(C)(C)C)oc1C(=O)Nc1cccc(C(=O)O)c1. The number of rotatable bonds is 3. The molecule has 0 fully saturated rings. The molecule has 22 heavy (non-hydrogen) atoms. The first kappa shape index (κ1) is 15.8. The van der Waals surface area contributed by atoms with E-state index in [2.05, 4.69) is 5.32 Å². The highest BCUT2D eigenvalue weighted by molar-refractivity contribution is 6.03. The highest BCUT2D eigenvalue weighted by Gasteiger charge is 2.23. The summed E-state index contributed by atoms with van der Waals surface area (Å²) in [4.78, 5) is 23.2. The Kier molecular flexibility index (Phi) is 4.08. The van der Waals surface area contributed by atoms with Crippen LogP contribution in [0.1, 0.15) is 53.0 Å². The van der Waals surface area contributed by atoms with Gasteiger partial charge >= 0.3 is 5.97 Å². The Morgan fingerprint density at radius 1 is 1.18 bits per heavy atom. The number of furan rings is 1. The molecule has 0 radical (unpaired) electrons. The monoisotopic (exact) mass is 301 g/mol. The zero-order valence-electron chi connectivity index (χ0n) is 13.1. The minimum atomic E-state index is -1.04. The summed E-state index contributed by atoms with van der Waals surface area (Å²) in [5, 5.41) is 11.6. The predicted molar refractivity (Wildman–Crippen MR) is 83.5 cm³/mol. The van der Waals surface area contributed by atoms with Crippen molar-refractivity contribution in [2.45, 2.75) is 33.1 Å². The second-order valence-electron chi connectivity index (χ2n) is 6.21. The number of aryl methyl sites for hydroxylation is 1. The average molecular weight is 301 g/mol. The van der Waals surface area contributed by atoms with E-state index in [1.54, 1.807) is 19.1 Å². The number of carboxylic acids is 1. The van der Waals surface area contributed by atoms with Gasteiger partial charge in [0.05, 0.1) is 5.56 Å². The number of carbonyl (C=O) groups excluding carboxylic acids is 1. The molecule has 2 N–H and O–H groups in total. The summed E-state index contributed by atoms with van der Waals surface area (Å²) in [5.74, 6) is -0.462. The molecule has 0 aliphatic carbocycles. The Hall–Kier alpha value is -2.56. The molecule has 116 valence electrons. The highest BCUT2D eigenvalue weighted by atomic mass is 16.4. The molecule has 1 aromatic heterocycles. The average Bonchev–Trinajstić information content (AvgIpc) is 2.81. The maximum atomic E-state index is 12.3. The number of anilines is 1. The van der Waals surface area contributed by atoms with E-state index in [1.807, 2.05) is 26.8 Å². The van der Waals surface area contributed by atoms with Crippen molar-refractivity contribution in [3.8, 4) is 0 Å². The summed E-state index contributed by atoms with van der Waals surface area (Å²) in [5.41, 5.74) is 1.09. The number of amides is 1. The minimum Gasteiger partial charge on any atom is -0.478 e. The highest BCUT2D eigenvalue weighted by Crippen LogP contribution is 2.27. The van der Waals surface area contributed by atoms with Crippen molar-refractivity contribution in [3.05, 3.63) is 53.0 Å². The van der Waals surface area contributed by atoms with Crippen LogP contribution in [0.25, 0.3) is 0 Å². The fraction of sp³-hybridized carbons (Fsp3) is 0.294. The molecule has 0 aliphatic rings. The Bertz CT molecular complexity index is 723. The first-order chi connectivity index (χ1) is 10.2. The van der Waals surface area contributed by atoms with E-state index in [4.69, 9.17) is 9.52 Å². The maximum absolute atomic E-state index is 12.3. The van der Waals surface area contributed by atoms with Gasteiger partial charge in [-0.1, -0.05) is 26.8 Å². The molecular weight excluding hydrogens is 282 g/mol. The van der Waals surface area contributed by atoms with Crippen molar-refractivity contribution < 1.29 is 19.1 Å². The van der Waals surface area contributed by atoms with Crippen LogP contribution in [0.2, 0.25) is 0 Å². The van der Waals surface area contributed by atoms with Crippen LogP contribution < -0.4 is 5.32 Å². The number of hydrogen-bond donors (Lipinski definition) is 2. The molecule has 1 aromatic carbocycles. The topological polar surface area (TPSA) is 79.5 Å². The largest absolute Gasteiger partial charge is 0.478 e. The molecule has 0 saturated carbocycles. The number of hydrogen-bond acceptors (Lipinski definition) is 3. The van der Waals surface area contributed by atoms with E-state index in [-0.39, 0.29) is 16.7 Å². The molecular formula is C17H19NO4. The molecule has 0 atom stereocenters. The third-order valence-corrected chi connectivity index (χ3v) is 3.23. The van der Waals surface area contributed by atoms with Crippen LogP contribution in [-0.4, -0.2) is 17.0 Å². The van der Waals surface area contributed by atoms with Crippen LogP contribution in [-0.2, 0) is 5.41 Å². The van der Waals surface area contributed by atoms with E-state index in [1.165, 1.54) is 12.1 Å². The zero-order valence-corrected chi connectivity index (χ0v) is 13.1. The number of nitrogens with one attached hydrogen (secondary N) is 1. The van der Waals surface area contributed by atoms with Gasteiger partial charge in [0.2, 0.25) is 0 Å². The van der Waals surface area contributed by atoms with Crippen LogP contribution in [0.3, 0.4) is 0 Å². The summed E-state index contributed by atoms with van der Waals surface area (Å²) in [7, 11) is 0. The fourth-order valence-electron chi connectivity index (χ4n) is 1.99.